The van der Waals surface area contributed by atoms with E-state index in [0.717, 1.165) is 0 Å². The Bertz CT molecular complexity index is 379. The second-order valence-corrected chi connectivity index (χ2v) is 3.41. The molecule has 1 unspecified atom stereocenters. The molecule has 0 aliphatic heterocycles. The van der Waals surface area contributed by atoms with E-state index in [1.807, 2.05) is 0 Å². The summed E-state index contributed by atoms with van der Waals surface area (Å²) < 4.78 is 11.0. The van der Waals surface area contributed by atoms with Gasteiger partial charge in [-0.3, -0.25) is 0 Å². The van der Waals surface area contributed by atoms with E-state index in [2.05, 4.69) is 10.3 Å². The van der Waals surface area contributed by atoms with Gasteiger partial charge in [-0.05, 0) is 0 Å². The summed E-state index contributed by atoms with van der Waals surface area (Å²) in [5.74, 6) is -1.18. The normalized spacial score (nSPS) is 12.6. The fourth-order valence-corrected chi connectivity index (χ4v) is 1.37. The lowest BCUT2D eigenvalue weighted by molar-refractivity contribution is 0.0489. The second kappa shape index (κ2) is 6.28. The number of aromatic carboxylic acids is 1. The van der Waals surface area contributed by atoms with Crippen LogP contribution in [0.4, 0.5) is 0 Å². The first-order valence-corrected chi connectivity index (χ1v) is 4.91. The van der Waals surface area contributed by atoms with Crippen molar-refractivity contribution in [2.24, 2.45) is 0 Å². The lowest BCUT2D eigenvalue weighted by atomic mass is 10.3. The van der Waals surface area contributed by atoms with Crippen molar-refractivity contribution in [2.75, 3.05) is 20.8 Å². The van der Waals surface area contributed by atoms with E-state index in [9.17, 15) is 9.90 Å². The first-order chi connectivity index (χ1) is 8.10. The predicted molar refractivity (Wildman–Crippen MR) is 55.6 cm³/mol. The molecule has 0 saturated heterocycles. The molecule has 8 nitrogen and oxygen atoms in total. The van der Waals surface area contributed by atoms with Crippen molar-refractivity contribution in [1.29, 1.82) is 0 Å². The Balaban J connectivity index is 2.87. The SMILES string of the molecule is COCc1c(C(=O)O)nnn1CC(O)COC. The average Bonchev–Trinajstić information content (AvgIpc) is 2.63. The number of carbonyl (C=O) groups is 1. The molecule has 0 amide bonds. The summed E-state index contributed by atoms with van der Waals surface area (Å²) in [6, 6.07) is 0. The highest BCUT2D eigenvalue weighted by atomic mass is 16.5. The number of rotatable bonds is 7. The molecule has 2 N–H and O–H groups in total. The van der Waals surface area contributed by atoms with Crippen LogP contribution in [0.3, 0.4) is 0 Å². The molecule has 0 bridgehead atoms. The molecule has 0 aliphatic carbocycles. The van der Waals surface area contributed by atoms with Crippen molar-refractivity contribution in [3.8, 4) is 0 Å². The molecule has 0 spiro atoms. The minimum absolute atomic E-state index is 0.0638. The molecule has 1 rings (SSSR count). The minimum Gasteiger partial charge on any atom is -0.476 e. The number of methoxy groups -OCH3 is 2. The van der Waals surface area contributed by atoms with Crippen molar-refractivity contribution < 1.29 is 24.5 Å². The molecular formula is C9H15N3O5. The fraction of sp³-hybridized carbons (Fsp3) is 0.667. The molecule has 0 fully saturated rings. The van der Waals surface area contributed by atoms with Crippen LogP contribution in [0.1, 0.15) is 16.2 Å². The number of carboxylic acid groups (broad SMARTS) is 1. The summed E-state index contributed by atoms with van der Waals surface area (Å²) in [6.45, 7) is 0.301. The van der Waals surface area contributed by atoms with Crippen LogP contribution in [0.25, 0.3) is 0 Å². The van der Waals surface area contributed by atoms with Crippen molar-refractivity contribution in [3.63, 3.8) is 0 Å². The van der Waals surface area contributed by atoms with Crippen LogP contribution in [0.5, 0.6) is 0 Å². The summed E-state index contributed by atoms with van der Waals surface area (Å²) in [5, 5.41) is 25.6. The van der Waals surface area contributed by atoms with Gasteiger partial charge in [0.15, 0.2) is 5.69 Å². The Morgan fingerprint density at radius 1 is 1.47 bits per heavy atom. The van der Waals surface area contributed by atoms with Crippen LogP contribution in [0.2, 0.25) is 0 Å². The Kier molecular flexibility index (Phi) is 5.01. The summed E-state index contributed by atoms with van der Waals surface area (Å²) >= 11 is 0. The van der Waals surface area contributed by atoms with Crippen molar-refractivity contribution in [3.05, 3.63) is 11.4 Å². The minimum atomic E-state index is -1.18. The zero-order chi connectivity index (χ0) is 12.8. The standard InChI is InChI=1S/C9H15N3O5/c1-16-4-6(13)3-12-7(5-17-2)8(9(14)15)10-11-12/h6,13H,3-5H2,1-2H3,(H,14,15). The molecule has 1 atom stereocenters. The summed E-state index contributed by atoms with van der Waals surface area (Å²) in [4.78, 5) is 10.9. The van der Waals surface area contributed by atoms with E-state index in [-0.39, 0.29) is 25.5 Å². The molecular weight excluding hydrogens is 230 g/mol. The summed E-state index contributed by atoms with van der Waals surface area (Å²) in [5.41, 5.74) is 0.145. The molecule has 1 heterocycles. The molecule has 0 radical (unpaired) electrons. The molecule has 1 aromatic rings. The van der Waals surface area contributed by atoms with Gasteiger partial charge in [-0.15, -0.1) is 5.10 Å². The van der Waals surface area contributed by atoms with Crippen molar-refractivity contribution >= 4 is 5.97 Å². The number of ether oxygens (including phenoxy) is 2. The van der Waals surface area contributed by atoms with Gasteiger partial charge < -0.3 is 19.7 Å². The maximum absolute atomic E-state index is 10.9. The van der Waals surface area contributed by atoms with Gasteiger partial charge >= 0.3 is 5.97 Å². The number of hydrogen-bond acceptors (Lipinski definition) is 6. The van der Waals surface area contributed by atoms with Crippen LogP contribution in [0, 0.1) is 0 Å². The van der Waals surface area contributed by atoms with E-state index in [4.69, 9.17) is 14.6 Å². The Morgan fingerprint density at radius 3 is 2.71 bits per heavy atom. The zero-order valence-corrected chi connectivity index (χ0v) is 9.66. The highest BCUT2D eigenvalue weighted by molar-refractivity contribution is 5.86. The number of aromatic nitrogens is 3. The van der Waals surface area contributed by atoms with Gasteiger partial charge in [-0.1, -0.05) is 5.21 Å². The van der Waals surface area contributed by atoms with Gasteiger partial charge in [0.05, 0.1) is 31.6 Å². The monoisotopic (exact) mass is 245 g/mol. The third-order valence-electron chi connectivity index (χ3n) is 2.06. The third-order valence-corrected chi connectivity index (χ3v) is 2.06. The zero-order valence-electron chi connectivity index (χ0n) is 9.66. The van der Waals surface area contributed by atoms with Gasteiger partial charge in [-0.25, -0.2) is 9.48 Å². The topological polar surface area (TPSA) is 107 Å². The molecule has 96 valence electrons. The van der Waals surface area contributed by atoms with Crippen LogP contribution < -0.4 is 0 Å². The van der Waals surface area contributed by atoms with E-state index in [1.54, 1.807) is 0 Å². The molecule has 0 aliphatic rings. The van der Waals surface area contributed by atoms with Gasteiger partial charge in [0, 0.05) is 14.2 Å². The molecule has 1 aromatic heterocycles. The maximum Gasteiger partial charge on any atom is 0.358 e. The average molecular weight is 245 g/mol. The quantitative estimate of drug-likeness (QED) is 0.643. The molecule has 0 aromatic carbocycles. The first kappa shape index (κ1) is 13.6. The number of carboxylic acids is 1. The number of aliphatic hydroxyl groups excluding tert-OH is 1. The van der Waals surface area contributed by atoms with Gasteiger partial charge in [0.1, 0.15) is 0 Å². The highest BCUT2D eigenvalue weighted by Crippen LogP contribution is 2.08. The van der Waals surface area contributed by atoms with Gasteiger partial charge in [-0.2, -0.15) is 0 Å². The predicted octanol–water partition coefficient (Wildman–Crippen LogP) is -0.870. The van der Waals surface area contributed by atoms with Crippen molar-refractivity contribution in [2.45, 2.75) is 19.3 Å². The second-order valence-electron chi connectivity index (χ2n) is 3.41. The number of nitrogens with zero attached hydrogens (tertiary/aromatic N) is 3. The van der Waals surface area contributed by atoms with Gasteiger partial charge in [0.25, 0.3) is 0 Å². The van der Waals surface area contributed by atoms with Crippen LogP contribution >= 0.6 is 0 Å². The smallest absolute Gasteiger partial charge is 0.358 e. The molecule has 8 heteroatoms. The molecule has 0 saturated carbocycles. The summed E-state index contributed by atoms with van der Waals surface area (Å²) in [7, 11) is 2.90. The lowest BCUT2D eigenvalue weighted by Gasteiger charge is -2.11. The Labute approximate surface area is 97.8 Å². The summed E-state index contributed by atoms with van der Waals surface area (Å²) in [6.07, 6.45) is -0.779. The van der Waals surface area contributed by atoms with Crippen molar-refractivity contribution in [1.82, 2.24) is 15.0 Å². The largest absolute Gasteiger partial charge is 0.476 e. The number of aliphatic hydroxyl groups is 1. The van der Waals surface area contributed by atoms with Crippen LogP contribution in [-0.2, 0) is 22.6 Å². The number of hydrogen-bond donors (Lipinski definition) is 2. The molecule has 17 heavy (non-hydrogen) atoms. The Morgan fingerprint density at radius 2 is 2.18 bits per heavy atom. The van der Waals surface area contributed by atoms with E-state index in [1.165, 1.54) is 18.9 Å². The highest BCUT2D eigenvalue weighted by Gasteiger charge is 2.20. The van der Waals surface area contributed by atoms with E-state index in [0.29, 0.717) is 5.69 Å². The third kappa shape index (κ3) is 3.48. The first-order valence-electron chi connectivity index (χ1n) is 4.91. The van der Waals surface area contributed by atoms with Gasteiger partial charge in [0.2, 0.25) is 0 Å². The van der Waals surface area contributed by atoms with Crippen LogP contribution in [-0.4, -0.2) is 58.1 Å². The van der Waals surface area contributed by atoms with E-state index >= 15 is 0 Å². The maximum atomic E-state index is 10.9. The van der Waals surface area contributed by atoms with Crippen LogP contribution in [0.15, 0.2) is 0 Å². The lowest BCUT2D eigenvalue weighted by Crippen LogP contribution is -2.23. The fourth-order valence-electron chi connectivity index (χ4n) is 1.37. The van der Waals surface area contributed by atoms with E-state index < -0.39 is 12.1 Å². The Hall–Kier alpha value is -1.51.